The summed E-state index contributed by atoms with van der Waals surface area (Å²) in [5.74, 6) is 1.70. The van der Waals surface area contributed by atoms with Crippen LogP contribution in [0.4, 0.5) is 5.82 Å². The smallest absolute Gasteiger partial charge is 0.133 e. The number of hydrogen-bond acceptors (Lipinski definition) is 4. The maximum Gasteiger partial charge on any atom is 0.133 e. The number of benzene rings is 1. The molecule has 0 saturated carbocycles. The highest BCUT2D eigenvalue weighted by Gasteiger charge is 2.13. The van der Waals surface area contributed by atoms with Crippen molar-refractivity contribution in [2.45, 2.75) is 37.1 Å². The average molecular weight is 342 g/mol. The molecule has 1 N–H and O–H groups in total. The number of rotatable bonds is 5. The number of aromatic nitrogens is 2. The lowest BCUT2D eigenvalue weighted by molar-refractivity contribution is 0.870. The van der Waals surface area contributed by atoms with E-state index in [1.54, 1.807) is 12.1 Å². The summed E-state index contributed by atoms with van der Waals surface area (Å²) in [6.07, 6.45) is 0.787. The Morgan fingerprint density at radius 2 is 1.95 bits per heavy atom. The monoisotopic (exact) mass is 341 g/mol. The van der Waals surface area contributed by atoms with Gasteiger partial charge in [-0.2, -0.15) is 0 Å². The van der Waals surface area contributed by atoms with Crippen LogP contribution in [0.5, 0.6) is 0 Å². The lowest BCUT2D eigenvalue weighted by Crippen LogP contribution is -2.07. The summed E-state index contributed by atoms with van der Waals surface area (Å²) >= 11 is 13.8. The lowest BCUT2D eigenvalue weighted by Gasteiger charge is -2.13. The maximum absolute atomic E-state index is 6.23. The summed E-state index contributed by atoms with van der Waals surface area (Å²) in [5, 5.41) is 5.52. The van der Waals surface area contributed by atoms with Gasteiger partial charge in [0, 0.05) is 28.4 Å². The number of halogens is 2. The molecule has 112 valence electrons. The zero-order valence-corrected chi connectivity index (χ0v) is 14.5. The molecular formula is C15H17Cl2N3S. The third-order valence-corrected chi connectivity index (χ3v) is 4.73. The molecule has 1 heterocycles. The quantitative estimate of drug-likeness (QED) is 0.755. The van der Waals surface area contributed by atoms with Gasteiger partial charge in [-0.3, -0.25) is 0 Å². The lowest BCUT2D eigenvalue weighted by atomic mass is 10.3. The Kier molecular flexibility index (Phi) is 5.73. The summed E-state index contributed by atoms with van der Waals surface area (Å²) in [7, 11) is 0. The summed E-state index contributed by atoms with van der Waals surface area (Å²) in [5.41, 5.74) is 1.02. The van der Waals surface area contributed by atoms with E-state index in [1.807, 2.05) is 26.8 Å². The Hall–Kier alpha value is -0.970. The van der Waals surface area contributed by atoms with Crippen LogP contribution in [0.15, 0.2) is 28.1 Å². The summed E-state index contributed by atoms with van der Waals surface area (Å²) in [6.45, 7) is 6.93. The minimum atomic E-state index is 0.663. The standard InChI is InChI=1S/C15H17Cl2N3S/c1-4-13-19-14(18-5-2)9(3)15(20-13)21-12-8-10(16)6-7-11(12)17/h6-8H,4-5H2,1-3H3,(H,18,19,20). The first-order valence-corrected chi connectivity index (χ1v) is 8.36. The average Bonchev–Trinajstić information content (AvgIpc) is 2.47. The molecule has 0 spiro atoms. The molecule has 0 saturated heterocycles. The van der Waals surface area contributed by atoms with Gasteiger partial charge in [-0.1, -0.05) is 41.9 Å². The molecule has 3 nitrogen and oxygen atoms in total. The Labute approximate surface area is 139 Å². The third-order valence-electron chi connectivity index (χ3n) is 2.91. The minimum Gasteiger partial charge on any atom is -0.370 e. The summed E-state index contributed by atoms with van der Waals surface area (Å²) in [4.78, 5) is 10.0. The minimum absolute atomic E-state index is 0.663. The van der Waals surface area contributed by atoms with Crippen molar-refractivity contribution in [1.82, 2.24) is 9.97 Å². The second-order valence-corrected chi connectivity index (χ2v) is 6.35. The van der Waals surface area contributed by atoms with Gasteiger partial charge in [0.05, 0.1) is 5.02 Å². The highest BCUT2D eigenvalue weighted by Crippen LogP contribution is 2.36. The Balaban J connectivity index is 2.43. The van der Waals surface area contributed by atoms with Crippen molar-refractivity contribution in [2.24, 2.45) is 0 Å². The van der Waals surface area contributed by atoms with Gasteiger partial charge in [-0.25, -0.2) is 9.97 Å². The molecule has 1 aromatic heterocycles. The second-order valence-electron chi connectivity index (χ2n) is 4.48. The van der Waals surface area contributed by atoms with Gasteiger partial charge < -0.3 is 5.32 Å². The highest BCUT2D eigenvalue weighted by molar-refractivity contribution is 7.99. The number of hydrogen-bond donors (Lipinski definition) is 1. The predicted molar refractivity (Wildman–Crippen MR) is 90.9 cm³/mol. The first-order valence-electron chi connectivity index (χ1n) is 6.79. The number of nitrogens with zero attached hydrogens (tertiary/aromatic N) is 2. The van der Waals surface area contributed by atoms with Crippen LogP contribution in [0.3, 0.4) is 0 Å². The molecule has 2 rings (SSSR count). The molecule has 0 radical (unpaired) electrons. The van der Waals surface area contributed by atoms with Crippen molar-refractivity contribution in [2.75, 3.05) is 11.9 Å². The van der Waals surface area contributed by atoms with Crippen molar-refractivity contribution >= 4 is 40.8 Å². The van der Waals surface area contributed by atoms with Crippen LogP contribution in [-0.4, -0.2) is 16.5 Å². The van der Waals surface area contributed by atoms with Gasteiger partial charge in [-0.15, -0.1) is 0 Å². The molecule has 2 aromatic rings. The zero-order valence-electron chi connectivity index (χ0n) is 12.2. The van der Waals surface area contributed by atoms with Gasteiger partial charge in [0.15, 0.2) is 0 Å². The summed E-state index contributed by atoms with van der Waals surface area (Å²) < 4.78 is 0. The molecule has 0 atom stereocenters. The van der Waals surface area contributed by atoms with E-state index in [9.17, 15) is 0 Å². The van der Waals surface area contributed by atoms with Crippen LogP contribution < -0.4 is 5.32 Å². The van der Waals surface area contributed by atoms with Gasteiger partial charge >= 0.3 is 0 Å². The molecule has 0 bridgehead atoms. The Morgan fingerprint density at radius 3 is 2.62 bits per heavy atom. The van der Waals surface area contributed by atoms with E-state index in [0.29, 0.717) is 10.0 Å². The fourth-order valence-electron chi connectivity index (χ4n) is 1.80. The molecule has 21 heavy (non-hydrogen) atoms. The molecule has 0 aliphatic carbocycles. The van der Waals surface area contributed by atoms with Crippen LogP contribution in [0.25, 0.3) is 0 Å². The Morgan fingerprint density at radius 1 is 1.19 bits per heavy atom. The van der Waals surface area contributed by atoms with E-state index in [2.05, 4.69) is 15.3 Å². The largest absolute Gasteiger partial charge is 0.370 e. The number of aryl methyl sites for hydroxylation is 1. The number of anilines is 1. The van der Waals surface area contributed by atoms with E-state index >= 15 is 0 Å². The van der Waals surface area contributed by atoms with Gasteiger partial charge in [-0.05, 0) is 32.0 Å². The first kappa shape index (κ1) is 16.4. The highest BCUT2D eigenvalue weighted by atomic mass is 35.5. The van der Waals surface area contributed by atoms with Crippen LogP contribution in [0.1, 0.15) is 25.2 Å². The van der Waals surface area contributed by atoms with Crippen LogP contribution in [-0.2, 0) is 6.42 Å². The number of nitrogens with one attached hydrogen (secondary N) is 1. The Bertz CT molecular complexity index is 647. The third kappa shape index (κ3) is 4.02. The van der Waals surface area contributed by atoms with Crippen LogP contribution >= 0.6 is 35.0 Å². The van der Waals surface area contributed by atoms with E-state index in [0.717, 1.165) is 40.1 Å². The van der Waals surface area contributed by atoms with Crippen molar-refractivity contribution in [3.63, 3.8) is 0 Å². The van der Waals surface area contributed by atoms with Crippen molar-refractivity contribution < 1.29 is 0 Å². The molecule has 6 heteroatoms. The van der Waals surface area contributed by atoms with E-state index in [1.165, 1.54) is 11.8 Å². The molecule has 0 unspecified atom stereocenters. The van der Waals surface area contributed by atoms with Crippen LogP contribution in [0, 0.1) is 6.92 Å². The van der Waals surface area contributed by atoms with Crippen molar-refractivity contribution in [1.29, 1.82) is 0 Å². The molecule has 0 fully saturated rings. The summed E-state index contributed by atoms with van der Waals surface area (Å²) in [6, 6.07) is 5.44. The van der Waals surface area contributed by atoms with E-state index in [-0.39, 0.29) is 0 Å². The molecular weight excluding hydrogens is 325 g/mol. The maximum atomic E-state index is 6.23. The van der Waals surface area contributed by atoms with Gasteiger partial charge in [0.1, 0.15) is 16.7 Å². The molecule has 0 amide bonds. The second kappa shape index (κ2) is 7.34. The van der Waals surface area contributed by atoms with E-state index in [4.69, 9.17) is 23.2 Å². The van der Waals surface area contributed by atoms with E-state index < -0.39 is 0 Å². The predicted octanol–water partition coefficient (Wildman–Crippen LogP) is 5.24. The fraction of sp³-hybridized carbons (Fsp3) is 0.333. The fourth-order valence-corrected chi connectivity index (χ4v) is 3.23. The SMILES string of the molecule is CCNc1nc(CC)nc(Sc2cc(Cl)ccc2Cl)c1C. The normalized spacial score (nSPS) is 10.7. The molecule has 1 aromatic carbocycles. The van der Waals surface area contributed by atoms with Crippen LogP contribution in [0.2, 0.25) is 10.0 Å². The topological polar surface area (TPSA) is 37.8 Å². The zero-order chi connectivity index (χ0) is 15.4. The first-order chi connectivity index (χ1) is 10.0. The molecule has 0 aliphatic rings. The van der Waals surface area contributed by atoms with Crippen molar-refractivity contribution in [3.8, 4) is 0 Å². The van der Waals surface area contributed by atoms with Gasteiger partial charge in [0.25, 0.3) is 0 Å². The molecule has 0 aliphatic heterocycles. The van der Waals surface area contributed by atoms with Crippen molar-refractivity contribution in [3.05, 3.63) is 39.6 Å². The van der Waals surface area contributed by atoms with Gasteiger partial charge in [0.2, 0.25) is 0 Å².